The van der Waals surface area contributed by atoms with Crippen molar-refractivity contribution in [3.8, 4) is 0 Å². The molecule has 0 saturated carbocycles. The molecule has 3 rings (SSSR count). The van der Waals surface area contributed by atoms with Gasteiger partial charge in [0.05, 0.1) is 5.69 Å². The lowest BCUT2D eigenvalue weighted by Crippen LogP contribution is -2.57. The van der Waals surface area contributed by atoms with E-state index in [0.29, 0.717) is 18.5 Å². The summed E-state index contributed by atoms with van der Waals surface area (Å²) in [6, 6.07) is 10.3. The van der Waals surface area contributed by atoms with E-state index in [1.54, 1.807) is 31.1 Å². The summed E-state index contributed by atoms with van der Waals surface area (Å²) in [5.41, 5.74) is 2.17. The third-order valence-corrected chi connectivity index (χ3v) is 5.22. The third-order valence-electron chi connectivity index (χ3n) is 5.22. The van der Waals surface area contributed by atoms with Crippen LogP contribution in [0.15, 0.2) is 42.6 Å². The number of piperidine rings is 1. The lowest BCUT2D eigenvalue weighted by molar-refractivity contribution is -0.135. The number of hydrogen-bond acceptors (Lipinski definition) is 4. The lowest BCUT2D eigenvalue weighted by atomic mass is 9.85. The summed E-state index contributed by atoms with van der Waals surface area (Å²) in [6.45, 7) is 4.40. The van der Waals surface area contributed by atoms with Crippen LogP contribution in [0.25, 0.3) is 0 Å². The molecule has 0 radical (unpaired) electrons. The fourth-order valence-electron chi connectivity index (χ4n) is 3.65. The smallest absolute Gasteiger partial charge is 0.247 e. The molecular weight excluding hydrogens is 343 g/mol. The van der Waals surface area contributed by atoms with Crippen LogP contribution in [0.4, 0.5) is 10.1 Å². The van der Waals surface area contributed by atoms with Crippen molar-refractivity contribution in [1.82, 2.24) is 14.8 Å². The van der Waals surface area contributed by atoms with Crippen molar-refractivity contribution >= 4 is 11.6 Å². The number of likely N-dealkylation sites (N-methyl/N-ethyl adjacent to an activating group) is 1. The Hall–Kier alpha value is -2.47. The van der Waals surface area contributed by atoms with Crippen LogP contribution in [-0.4, -0.2) is 53.4 Å². The van der Waals surface area contributed by atoms with Crippen molar-refractivity contribution in [2.45, 2.75) is 31.8 Å². The van der Waals surface area contributed by atoms with Crippen LogP contribution in [-0.2, 0) is 11.3 Å². The maximum atomic E-state index is 13.6. The van der Waals surface area contributed by atoms with Gasteiger partial charge in [0.15, 0.2) is 0 Å². The zero-order valence-corrected chi connectivity index (χ0v) is 16.2. The zero-order valence-electron chi connectivity index (χ0n) is 16.2. The Morgan fingerprint density at radius 3 is 2.63 bits per heavy atom. The monoisotopic (exact) mass is 370 g/mol. The number of amides is 1. The van der Waals surface area contributed by atoms with Gasteiger partial charge in [-0.1, -0.05) is 12.1 Å². The minimum Gasteiger partial charge on any atom is -0.371 e. The Labute approximate surface area is 160 Å². The van der Waals surface area contributed by atoms with Gasteiger partial charge in [-0.3, -0.25) is 14.7 Å². The first-order valence-electron chi connectivity index (χ1n) is 9.28. The Morgan fingerprint density at radius 2 is 2.00 bits per heavy atom. The van der Waals surface area contributed by atoms with Gasteiger partial charge in [0.25, 0.3) is 0 Å². The highest BCUT2D eigenvalue weighted by Crippen LogP contribution is 2.30. The van der Waals surface area contributed by atoms with Gasteiger partial charge >= 0.3 is 0 Å². The second-order valence-corrected chi connectivity index (χ2v) is 7.46. The summed E-state index contributed by atoms with van der Waals surface area (Å²) < 4.78 is 13.6. The highest BCUT2D eigenvalue weighted by atomic mass is 19.1. The van der Waals surface area contributed by atoms with Crippen molar-refractivity contribution in [2.75, 3.05) is 32.5 Å². The van der Waals surface area contributed by atoms with E-state index in [9.17, 15) is 9.18 Å². The summed E-state index contributed by atoms with van der Waals surface area (Å²) in [5.74, 6) is -0.282. The second kappa shape index (κ2) is 8.05. The molecule has 1 aliphatic heterocycles. The van der Waals surface area contributed by atoms with E-state index in [0.717, 1.165) is 25.3 Å². The molecule has 27 heavy (non-hydrogen) atoms. The first-order chi connectivity index (χ1) is 12.9. The van der Waals surface area contributed by atoms with E-state index in [-0.39, 0.29) is 11.7 Å². The van der Waals surface area contributed by atoms with Gasteiger partial charge in [-0.05, 0) is 49.6 Å². The molecule has 0 bridgehead atoms. The van der Waals surface area contributed by atoms with E-state index in [4.69, 9.17) is 0 Å². The summed E-state index contributed by atoms with van der Waals surface area (Å²) in [7, 11) is 3.53. The normalized spacial score (nSPS) is 16.7. The van der Waals surface area contributed by atoms with Crippen LogP contribution < -0.4 is 5.32 Å². The van der Waals surface area contributed by atoms with Crippen LogP contribution in [0, 0.1) is 12.7 Å². The van der Waals surface area contributed by atoms with Crippen molar-refractivity contribution in [1.29, 1.82) is 0 Å². The van der Waals surface area contributed by atoms with Gasteiger partial charge in [0.2, 0.25) is 5.91 Å². The lowest BCUT2D eigenvalue weighted by Gasteiger charge is -2.43. The van der Waals surface area contributed by atoms with Gasteiger partial charge in [0.1, 0.15) is 11.4 Å². The number of nitrogens with one attached hydrogen (secondary N) is 1. The summed E-state index contributed by atoms with van der Waals surface area (Å²) in [5, 5.41) is 3.34. The predicted molar refractivity (Wildman–Crippen MR) is 105 cm³/mol. The van der Waals surface area contributed by atoms with Crippen LogP contribution >= 0.6 is 0 Å². The van der Waals surface area contributed by atoms with Crippen molar-refractivity contribution in [3.63, 3.8) is 0 Å². The highest BCUT2D eigenvalue weighted by Gasteiger charge is 2.42. The van der Waals surface area contributed by atoms with Crippen molar-refractivity contribution in [3.05, 3.63) is 59.7 Å². The first-order valence-corrected chi connectivity index (χ1v) is 9.28. The van der Waals surface area contributed by atoms with Gasteiger partial charge in [-0.2, -0.15) is 0 Å². The van der Waals surface area contributed by atoms with E-state index in [1.165, 1.54) is 17.7 Å². The van der Waals surface area contributed by atoms with Gasteiger partial charge < -0.3 is 10.2 Å². The second-order valence-electron chi connectivity index (χ2n) is 7.46. The van der Waals surface area contributed by atoms with E-state index >= 15 is 0 Å². The third kappa shape index (κ3) is 4.45. The SMILES string of the molecule is Cc1cccnc1CN1CCC(Nc2cccc(F)c2)(C(=O)N(C)C)CC1. The maximum absolute atomic E-state index is 13.6. The standard InChI is InChI=1S/C21H27FN4O/c1-16-6-5-11-23-19(16)15-26-12-9-21(10-13-26,20(27)25(2)3)24-18-8-4-7-17(22)14-18/h4-8,11,14,24H,9-10,12-13,15H2,1-3H3. The number of benzene rings is 1. The zero-order chi connectivity index (χ0) is 19.4. The molecule has 1 N–H and O–H groups in total. The predicted octanol–water partition coefficient (Wildman–Crippen LogP) is 3.06. The molecule has 1 aliphatic rings. The average Bonchev–Trinajstić information content (AvgIpc) is 2.64. The first kappa shape index (κ1) is 19.3. The molecule has 6 heteroatoms. The molecule has 0 aliphatic carbocycles. The summed E-state index contributed by atoms with van der Waals surface area (Å²) in [6.07, 6.45) is 3.14. The molecule has 0 spiro atoms. The Bertz CT molecular complexity index is 800. The number of carbonyl (C=O) groups is 1. The van der Waals surface area contributed by atoms with Crippen LogP contribution in [0.1, 0.15) is 24.1 Å². The number of anilines is 1. The molecule has 1 fully saturated rings. The number of pyridine rings is 1. The molecule has 1 aromatic carbocycles. The van der Waals surface area contributed by atoms with Gasteiger partial charge in [0, 0.05) is 45.6 Å². The van der Waals surface area contributed by atoms with E-state index < -0.39 is 5.54 Å². The Balaban J connectivity index is 1.74. The molecule has 144 valence electrons. The van der Waals surface area contributed by atoms with Crippen molar-refractivity contribution in [2.24, 2.45) is 0 Å². The van der Waals surface area contributed by atoms with Crippen LogP contribution in [0.2, 0.25) is 0 Å². The molecule has 0 atom stereocenters. The number of nitrogens with zero attached hydrogens (tertiary/aromatic N) is 3. The number of aromatic nitrogens is 1. The molecule has 2 heterocycles. The fourth-order valence-corrected chi connectivity index (χ4v) is 3.65. The molecule has 0 unspecified atom stereocenters. The number of rotatable bonds is 5. The number of halogens is 1. The van der Waals surface area contributed by atoms with Crippen LogP contribution in [0.5, 0.6) is 0 Å². The van der Waals surface area contributed by atoms with Crippen LogP contribution in [0.3, 0.4) is 0 Å². The minimum atomic E-state index is -0.715. The Morgan fingerprint density at radius 1 is 1.26 bits per heavy atom. The molecule has 1 aromatic heterocycles. The maximum Gasteiger partial charge on any atom is 0.247 e. The number of carbonyl (C=O) groups excluding carboxylic acids is 1. The quantitative estimate of drug-likeness (QED) is 0.879. The van der Waals surface area contributed by atoms with Crippen molar-refractivity contribution < 1.29 is 9.18 Å². The van der Waals surface area contributed by atoms with E-state index in [2.05, 4.69) is 28.2 Å². The summed E-state index contributed by atoms with van der Waals surface area (Å²) in [4.78, 5) is 21.4. The topological polar surface area (TPSA) is 48.5 Å². The summed E-state index contributed by atoms with van der Waals surface area (Å²) >= 11 is 0. The molecule has 1 saturated heterocycles. The molecule has 5 nitrogen and oxygen atoms in total. The average molecular weight is 370 g/mol. The number of likely N-dealkylation sites (tertiary alicyclic amines) is 1. The Kier molecular flexibility index (Phi) is 5.75. The molecular formula is C21H27FN4O. The fraction of sp³-hybridized carbons (Fsp3) is 0.429. The molecule has 2 aromatic rings. The van der Waals surface area contributed by atoms with Gasteiger partial charge in [-0.15, -0.1) is 0 Å². The molecule has 1 amide bonds. The number of hydrogen-bond donors (Lipinski definition) is 1. The van der Waals surface area contributed by atoms with Gasteiger partial charge in [-0.25, -0.2) is 4.39 Å². The largest absolute Gasteiger partial charge is 0.371 e. The minimum absolute atomic E-state index is 0.0282. The number of aryl methyl sites for hydroxylation is 1. The van der Waals surface area contributed by atoms with E-state index in [1.807, 2.05) is 12.3 Å². The highest BCUT2D eigenvalue weighted by molar-refractivity contribution is 5.89.